The molecule has 2 aromatic rings. The van der Waals surface area contributed by atoms with E-state index in [1.54, 1.807) is 36.4 Å². The van der Waals surface area contributed by atoms with Gasteiger partial charge in [-0.15, -0.1) is 0 Å². The van der Waals surface area contributed by atoms with Crippen molar-refractivity contribution in [2.24, 2.45) is 0 Å². The number of amides is 2. The van der Waals surface area contributed by atoms with E-state index in [0.29, 0.717) is 11.3 Å². The summed E-state index contributed by atoms with van der Waals surface area (Å²) >= 11 is 0. The van der Waals surface area contributed by atoms with Gasteiger partial charge in [0.15, 0.2) is 9.84 Å². The number of anilines is 1. The average molecular weight is 415 g/mol. The zero-order valence-electron chi connectivity index (χ0n) is 16.6. The lowest BCUT2D eigenvalue weighted by Gasteiger charge is -2.27. The van der Waals surface area contributed by atoms with Gasteiger partial charge in [-0.25, -0.2) is 8.42 Å². The monoisotopic (exact) mass is 414 g/mol. The van der Waals surface area contributed by atoms with Gasteiger partial charge in [0.1, 0.15) is 0 Å². The van der Waals surface area contributed by atoms with Gasteiger partial charge in [-0.1, -0.05) is 24.3 Å². The molecular formula is C22H26N2O4S. The molecule has 0 bridgehead atoms. The lowest BCUT2D eigenvalue weighted by atomic mass is 10.1. The molecule has 0 radical (unpaired) electrons. The number of benzene rings is 2. The first-order valence-corrected chi connectivity index (χ1v) is 11.5. The number of carbonyl (C=O) groups excluding carboxylic acids is 2. The Balaban J connectivity index is 1.64. The third-order valence-electron chi connectivity index (χ3n) is 5.10. The minimum Gasteiger partial charge on any atom is -0.339 e. The molecule has 1 N–H and O–H groups in total. The predicted molar refractivity (Wildman–Crippen MR) is 113 cm³/mol. The fourth-order valence-corrected chi connectivity index (χ4v) is 4.62. The van der Waals surface area contributed by atoms with Gasteiger partial charge in [0.2, 0.25) is 5.91 Å². The minimum absolute atomic E-state index is 0.0353. The quantitative estimate of drug-likeness (QED) is 0.785. The van der Waals surface area contributed by atoms with Crippen molar-refractivity contribution in [2.75, 3.05) is 24.2 Å². The molecular weight excluding hydrogens is 388 g/mol. The fraction of sp³-hybridized carbons (Fsp3) is 0.364. The van der Waals surface area contributed by atoms with E-state index >= 15 is 0 Å². The van der Waals surface area contributed by atoms with Crippen molar-refractivity contribution in [2.45, 2.75) is 37.5 Å². The lowest BCUT2D eigenvalue weighted by Crippen LogP contribution is -2.35. The predicted octanol–water partition coefficient (Wildman–Crippen LogP) is 3.42. The summed E-state index contributed by atoms with van der Waals surface area (Å²) in [5, 5.41) is 2.76. The molecule has 0 unspecified atom stereocenters. The molecule has 0 atom stereocenters. The Morgan fingerprint density at radius 1 is 1.00 bits per heavy atom. The maximum atomic E-state index is 12.7. The van der Waals surface area contributed by atoms with E-state index in [0.717, 1.165) is 37.9 Å². The molecule has 2 aromatic carbocycles. The highest BCUT2D eigenvalue weighted by Gasteiger charge is 2.20. The molecule has 1 fully saturated rings. The number of piperidine rings is 1. The van der Waals surface area contributed by atoms with E-state index in [-0.39, 0.29) is 23.0 Å². The van der Waals surface area contributed by atoms with Gasteiger partial charge in [-0.05, 0) is 56.0 Å². The summed E-state index contributed by atoms with van der Waals surface area (Å²) in [6, 6.07) is 13.3. The number of aryl methyl sites for hydroxylation is 1. The number of hydrogen-bond donors (Lipinski definition) is 1. The van der Waals surface area contributed by atoms with Gasteiger partial charge in [0, 0.05) is 30.8 Å². The molecule has 154 valence electrons. The van der Waals surface area contributed by atoms with Gasteiger partial charge in [-0.2, -0.15) is 0 Å². The Hall–Kier alpha value is -2.67. The first kappa shape index (κ1) is 21.0. The van der Waals surface area contributed by atoms with E-state index < -0.39 is 15.7 Å². The molecule has 0 spiro atoms. The Morgan fingerprint density at radius 2 is 1.69 bits per heavy atom. The molecule has 1 saturated heterocycles. The first-order valence-electron chi connectivity index (χ1n) is 9.84. The molecule has 6 nitrogen and oxygen atoms in total. The van der Waals surface area contributed by atoms with Crippen molar-refractivity contribution < 1.29 is 18.0 Å². The average Bonchev–Trinajstić information content (AvgIpc) is 2.75. The van der Waals surface area contributed by atoms with Crippen LogP contribution in [-0.4, -0.2) is 44.0 Å². The Kier molecular flexibility index (Phi) is 6.69. The second kappa shape index (κ2) is 9.22. The van der Waals surface area contributed by atoms with Crippen LogP contribution in [0.3, 0.4) is 0 Å². The SMILES string of the molecule is Cc1ccc(C(=O)N2CCCCC2)cc1NC(=O)CCS(=O)(=O)c1ccccc1. The largest absolute Gasteiger partial charge is 0.339 e. The lowest BCUT2D eigenvalue weighted by molar-refractivity contribution is -0.115. The van der Waals surface area contributed by atoms with Gasteiger partial charge < -0.3 is 10.2 Å². The van der Waals surface area contributed by atoms with Crippen LogP contribution in [-0.2, 0) is 14.6 Å². The van der Waals surface area contributed by atoms with Crippen molar-refractivity contribution in [3.8, 4) is 0 Å². The van der Waals surface area contributed by atoms with Gasteiger partial charge in [0.05, 0.1) is 10.6 Å². The van der Waals surface area contributed by atoms with Crippen LogP contribution >= 0.6 is 0 Å². The Labute approximate surface area is 171 Å². The number of hydrogen-bond acceptors (Lipinski definition) is 4. The third kappa shape index (κ3) is 5.44. The van der Waals surface area contributed by atoms with Crippen LogP contribution < -0.4 is 5.32 Å². The number of carbonyl (C=O) groups is 2. The molecule has 7 heteroatoms. The number of nitrogens with zero attached hydrogens (tertiary/aromatic N) is 1. The summed E-state index contributed by atoms with van der Waals surface area (Å²) in [6.45, 7) is 3.35. The Bertz CT molecular complexity index is 981. The topological polar surface area (TPSA) is 83.6 Å². The van der Waals surface area contributed by atoms with Crippen molar-refractivity contribution in [3.05, 3.63) is 59.7 Å². The standard InChI is InChI=1S/C22H26N2O4S/c1-17-10-11-18(22(26)24-13-6-3-7-14-24)16-20(17)23-21(25)12-15-29(27,28)19-8-4-2-5-9-19/h2,4-5,8-11,16H,3,6-7,12-15H2,1H3,(H,23,25). The second-order valence-electron chi connectivity index (χ2n) is 7.31. The van der Waals surface area contributed by atoms with Crippen LogP contribution in [0, 0.1) is 6.92 Å². The molecule has 0 aliphatic carbocycles. The fourth-order valence-electron chi connectivity index (χ4n) is 3.35. The molecule has 3 rings (SSSR count). The zero-order chi connectivity index (χ0) is 20.9. The van der Waals surface area contributed by atoms with Gasteiger partial charge >= 0.3 is 0 Å². The van der Waals surface area contributed by atoms with E-state index in [4.69, 9.17) is 0 Å². The summed E-state index contributed by atoms with van der Waals surface area (Å²) < 4.78 is 24.7. The first-order chi connectivity index (χ1) is 13.9. The van der Waals surface area contributed by atoms with Crippen LogP contribution in [0.4, 0.5) is 5.69 Å². The second-order valence-corrected chi connectivity index (χ2v) is 9.42. The van der Waals surface area contributed by atoms with E-state index in [1.807, 2.05) is 11.8 Å². The third-order valence-corrected chi connectivity index (χ3v) is 6.83. The minimum atomic E-state index is -3.52. The number of likely N-dealkylation sites (tertiary alicyclic amines) is 1. The summed E-state index contributed by atoms with van der Waals surface area (Å²) in [4.78, 5) is 27.1. The summed E-state index contributed by atoms with van der Waals surface area (Å²) in [6.07, 6.45) is 3.01. The normalized spacial score (nSPS) is 14.4. The Morgan fingerprint density at radius 3 is 2.38 bits per heavy atom. The maximum absolute atomic E-state index is 12.7. The van der Waals surface area contributed by atoms with Crippen molar-refractivity contribution in [1.29, 1.82) is 0 Å². The molecule has 1 aliphatic rings. The van der Waals surface area contributed by atoms with Crippen LogP contribution in [0.5, 0.6) is 0 Å². The van der Waals surface area contributed by atoms with E-state index in [2.05, 4.69) is 5.32 Å². The van der Waals surface area contributed by atoms with Crippen LogP contribution in [0.2, 0.25) is 0 Å². The molecule has 1 heterocycles. The summed E-state index contributed by atoms with van der Waals surface area (Å²) in [5.74, 6) is -0.698. The highest BCUT2D eigenvalue weighted by molar-refractivity contribution is 7.91. The van der Waals surface area contributed by atoms with Gasteiger partial charge in [0.25, 0.3) is 5.91 Å². The van der Waals surface area contributed by atoms with Crippen molar-refractivity contribution in [3.63, 3.8) is 0 Å². The van der Waals surface area contributed by atoms with Crippen LogP contribution in [0.1, 0.15) is 41.6 Å². The van der Waals surface area contributed by atoms with E-state index in [1.165, 1.54) is 12.1 Å². The number of rotatable bonds is 6. The van der Waals surface area contributed by atoms with Crippen molar-refractivity contribution in [1.82, 2.24) is 4.90 Å². The maximum Gasteiger partial charge on any atom is 0.253 e. The summed E-state index contributed by atoms with van der Waals surface area (Å²) in [5.41, 5.74) is 1.89. The zero-order valence-corrected chi connectivity index (χ0v) is 17.4. The number of nitrogens with one attached hydrogen (secondary N) is 1. The summed E-state index contributed by atoms with van der Waals surface area (Å²) in [7, 11) is -3.52. The van der Waals surface area contributed by atoms with Crippen LogP contribution in [0.25, 0.3) is 0 Å². The van der Waals surface area contributed by atoms with Crippen molar-refractivity contribution >= 4 is 27.3 Å². The smallest absolute Gasteiger partial charge is 0.253 e. The highest BCUT2D eigenvalue weighted by Crippen LogP contribution is 2.20. The van der Waals surface area contributed by atoms with Gasteiger partial charge in [-0.3, -0.25) is 9.59 Å². The van der Waals surface area contributed by atoms with E-state index in [9.17, 15) is 18.0 Å². The highest BCUT2D eigenvalue weighted by atomic mass is 32.2. The molecule has 2 amide bonds. The number of sulfone groups is 1. The molecule has 1 aliphatic heterocycles. The molecule has 29 heavy (non-hydrogen) atoms. The molecule has 0 aromatic heterocycles. The van der Waals surface area contributed by atoms with Crippen LogP contribution in [0.15, 0.2) is 53.4 Å². The molecule has 0 saturated carbocycles.